The van der Waals surface area contributed by atoms with Gasteiger partial charge in [-0.25, -0.2) is 0 Å². The fraction of sp³-hybridized carbons (Fsp3) is 0.154. The van der Waals surface area contributed by atoms with Crippen LogP contribution in [-0.2, 0) is 4.79 Å². The third kappa shape index (κ3) is 4.21. The highest BCUT2D eigenvalue weighted by molar-refractivity contribution is 5.98. The molecule has 4 aromatic rings. The van der Waals surface area contributed by atoms with E-state index in [4.69, 9.17) is 4.42 Å². The van der Waals surface area contributed by atoms with Crippen LogP contribution < -0.4 is 10.6 Å². The van der Waals surface area contributed by atoms with Gasteiger partial charge in [0.15, 0.2) is 0 Å². The largest absolute Gasteiger partial charge is 0.459 e. The van der Waals surface area contributed by atoms with Gasteiger partial charge in [0.2, 0.25) is 5.91 Å². The molecule has 0 saturated heterocycles. The van der Waals surface area contributed by atoms with E-state index >= 15 is 0 Å². The summed E-state index contributed by atoms with van der Waals surface area (Å²) in [6.07, 6.45) is 1.87. The molecule has 1 heterocycles. The van der Waals surface area contributed by atoms with Gasteiger partial charge in [-0.3, -0.25) is 9.59 Å². The molecule has 1 aliphatic rings. The lowest BCUT2D eigenvalue weighted by atomic mass is 10.0. The van der Waals surface area contributed by atoms with Crippen LogP contribution in [0.15, 0.2) is 89.3 Å². The molecule has 1 fully saturated rings. The van der Waals surface area contributed by atoms with Crippen LogP contribution in [-0.4, -0.2) is 11.8 Å². The third-order valence-electron chi connectivity index (χ3n) is 5.48. The number of benzene rings is 3. The van der Waals surface area contributed by atoms with Crippen molar-refractivity contribution in [3.8, 4) is 0 Å². The van der Waals surface area contributed by atoms with Gasteiger partial charge < -0.3 is 15.1 Å². The van der Waals surface area contributed by atoms with Gasteiger partial charge in [0.05, 0.1) is 0 Å². The maximum Gasteiger partial charge on any atom is 0.252 e. The molecule has 0 radical (unpaired) electrons. The summed E-state index contributed by atoms with van der Waals surface area (Å²) in [5, 5.41) is 6.98. The highest BCUT2D eigenvalue weighted by Crippen LogP contribution is 2.31. The summed E-state index contributed by atoms with van der Waals surface area (Å²) < 4.78 is 6.06. The molecule has 5 rings (SSSR count). The number of amides is 2. The van der Waals surface area contributed by atoms with Crippen molar-refractivity contribution < 1.29 is 14.0 Å². The second-order valence-corrected chi connectivity index (χ2v) is 7.85. The molecule has 1 atom stereocenters. The molecule has 3 aromatic carbocycles. The molecular formula is C26H22N2O3. The Labute approximate surface area is 180 Å². The van der Waals surface area contributed by atoms with Gasteiger partial charge in [-0.15, -0.1) is 0 Å². The molecule has 5 nitrogen and oxygen atoms in total. The molecule has 1 unspecified atom stereocenters. The van der Waals surface area contributed by atoms with Crippen molar-refractivity contribution in [2.75, 3.05) is 5.32 Å². The van der Waals surface area contributed by atoms with Crippen LogP contribution in [0.5, 0.6) is 0 Å². The van der Waals surface area contributed by atoms with Crippen molar-refractivity contribution in [3.63, 3.8) is 0 Å². The molecule has 1 aliphatic carbocycles. The van der Waals surface area contributed by atoms with E-state index in [1.807, 2.05) is 60.7 Å². The monoisotopic (exact) mass is 410 g/mol. The molecule has 0 bridgehead atoms. The topological polar surface area (TPSA) is 71.3 Å². The zero-order valence-corrected chi connectivity index (χ0v) is 16.9. The van der Waals surface area contributed by atoms with Crippen LogP contribution in [0.25, 0.3) is 11.0 Å². The number of para-hydroxylation sites is 1. The molecule has 154 valence electrons. The Morgan fingerprint density at radius 2 is 1.65 bits per heavy atom. The summed E-state index contributed by atoms with van der Waals surface area (Å²) in [5.41, 5.74) is 2.81. The first-order valence-corrected chi connectivity index (χ1v) is 10.4. The maximum atomic E-state index is 13.1. The Morgan fingerprint density at radius 3 is 2.42 bits per heavy atom. The first kappa shape index (κ1) is 19.1. The van der Waals surface area contributed by atoms with E-state index in [0.717, 1.165) is 29.4 Å². The summed E-state index contributed by atoms with van der Waals surface area (Å²) >= 11 is 0. The number of hydrogen-bond donors (Lipinski definition) is 2. The van der Waals surface area contributed by atoms with E-state index < -0.39 is 6.04 Å². The normalized spacial score (nSPS) is 14.2. The van der Waals surface area contributed by atoms with Crippen molar-refractivity contribution in [3.05, 3.63) is 102 Å². The lowest BCUT2D eigenvalue weighted by Gasteiger charge is -2.17. The second-order valence-electron chi connectivity index (χ2n) is 7.85. The van der Waals surface area contributed by atoms with Crippen molar-refractivity contribution in [2.24, 2.45) is 5.92 Å². The molecule has 5 heteroatoms. The Balaban J connectivity index is 1.42. The van der Waals surface area contributed by atoms with Crippen LogP contribution in [0.2, 0.25) is 0 Å². The fourth-order valence-electron chi connectivity index (χ4n) is 3.65. The minimum atomic E-state index is -0.439. The SMILES string of the molecule is O=C(NC(c1ccccc1)c1cc2ccccc2o1)c1cccc(NC(=O)C2CC2)c1. The third-order valence-corrected chi connectivity index (χ3v) is 5.48. The predicted octanol–water partition coefficient (Wildman–Crippen LogP) is 5.30. The lowest BCUT2D eigenvalue weighted by Crippen LogP contribution is -2.29. The molecule has 1 saturated carbocycles. The molecule has 2 amide bonds. The summed E-state index contributed by atoms with van der Waals surface area (Å²) in [6, 6.07) is 26.0. The average molecular weight is 410 g/mol. The average Bonchev–Trinajstić information content (AvgIpc) is 3.57. The predicted molar refractivity (Wildman–Crippen MR) is 120 cm³/mol. The zero-order chi connectivity index (χ0) is 21.2. The van der Waals surface area contributed by atoms with E-state index in [0.29, 0.717) is 17.0 Å². The first-order valence-electron chi connectivity index (χ1n) is 10.4. The fourth-order valence-corrected chi connectivity index (χ4v) is 3.65. The van der Waals surface area contributed by atoms with Crippen LogP contribution in [0.1, 0.15) is 40.6 Å². The minimum Gasteiger partial charge on any atom is -0.459 e. The first-order chi connectivity index (χ1) is 15.2. The number of carbonyl (C=O) groups is 2. The molecule has 2 N–H and O–H groups in total. The lowest BCUT2D eigenvalue weighted by molar-refractivity contribution is -0.117. The van der Waals surface area contributed by atoms with Gasteiger partial charge in [0, 0.05) is 22.6 Å². The van der Waals surface area contributed by atoms with E-state index in [9.17, 15) is 9.59 Å². The van der Waals surface area contributed by atoms with Gasteiger partial charge in [-0.1, -0.05) is 54.6 Å². The maximum absolute atomic E-state index is 13.1. The van der Waals surface area contributed by atoms with Crippen molar-refractivity contribution in [1.82, 2.24) is 5.32 Å². The van der Waals surface area contributed by atoms with E-state index in [2.05, 4.69) is 10.6 Å². The van der Waals surface area contributed by atoms with Crippen molar-refractivity contribution >= 4 is 28.5 Å². The summed E-state index contributed by atoms with van der Waals surface area (Å²) in [7, 11) is 0. The zero-order valence-electron chi connectivity index (χ0n) is 16.9. The summed E-state index contributed by atoms with van der Waals surface area (Å²) in [5.74, 6) is 0.547. The number of rotatable bonds is 6. The molecule has 1 aromatic heterocycles. The van der Waals surface area contributed by atoms with Crippen LogP contribution in [0.3, 0.4) is 0 Å². The molecule has 0 aliphatic heterocycles. The number of furan rings is 1. The highest BCUT2D eigenvalue weighted by atomic mass is 16.3. The minimum absolute atomic E-state index is 0.0157. The number of anilines is 1. The Hall–Kier alpha value is -3.86. The number of nitrogens with one attached hydrogen (secondary N) is 2. The van der Waals surface area contributed by atoms with Gasteiger partial charge in [0.25, 0.3) is 5.91 Å². The Kier molecular flexibility index (Phi) is 5.00. The quantitative estimate of drug-likeness (QED) is 0.453. The van der Waals surface area contributed by atoms with Crippen LogP contribution in [0.4, 0.5) is 5.69 Å². The molecule has 0 spiro atoms. The Bertz CT molecular complexity index is 1210. The highest BCUT2D eigenvalue weighted by Gasteiger charge is 2.29. The van der Waals surface area contributed by atoms with E-state index in [1.54, 1.807) is 24.3 Å². The molecular weight excluding hydrogens is 388 g/mol. The van der Waals surface area contributed by atoms with Gasteiger partial charge in [-0.05, 0) is 48.7 Å². The van der Waals surface area contributed by atoms with E-state index in [1.165, 1.54) is 0 Å². The van der Waals surface area contributed by atoms with Gasteiger partial charge in [0.1, 0.15) is 17.4 Å². The summed E-state index contributed by atoms with van der Waals surface area (Å²) in [4.78, 5) is 25.2. The second kappa shape index (κ2) is 8.11. The van der Waals surface area contributed by atoms with Crippen molar-refractivity contribution in [2.45, 2.75) is 18.9 Å². The summed E-state index contributed by atoms with van der Waals surface area (Å²) in [6.45, 7) is 0. The standard InChI is InChI=1S/C26H22N2O3/c29-25(18-13-14-18)27-21-11-6-10-20(15-21)26(30)28-24(17-7-2-1-3-8-17)23-16-19-9-4-5-12-22(19)31-23/h1-12,15-16,18,24H,13-14H2,(H,27,29)(H,28,30). The Morgan fingerprint density at radius 1 is 0.871 bits per heavy atom. The smallest absolute Gasteiger partial charge is 0.252 e. The van der Waals surface area contributed by atoms with Crippen LogP contribution in [0, 0.1) is 5.92 Å². The van der Waals surface area contributed by atoms with E-state index in [-0.39, 0.29) is 17.7 Å². The van der Waals surface area contributed by atoms with Crippen molar-refractivity contribution in [1.29, 1.82) is 0 Å². The number of carbonyl (C=O) groups excluding carboxylic acids is 2. The molecule has 31 heavy (non-hydrogen) atoms. The van der Waals surface area contributed by atoms with Gasteiger partial charge >= 0.3 is 0 Å². The van der Waals surface area contributed by atoms with Gasteiger partial charge in [-0.2, -0.15) is 0 Å². The number of hydrogen-bond acceptors (Lipinski definition) is 3. The van der Waals surface area contributed by atoms with Crippen LogP contribution >= 0.6 is 0 Å². The number of fused-ring (bicyclic) bond motifs is 1.